The maximum absolute atomic E-state index is 11.4. The Morgan fingerprint density at radius 3 is 2.79 bits per heavy atom. The lowest BCUT2D eigenvalue weighted by molar-refractivity contribution is 0.0315. The quantitative estimate of drug-likeness (QED) is 0.804. The number of aromatic carboxylic acids is 1. The number of carbonyl (C=O) groups excluding carboxylic acids is 1. The second kappa shape index (κ2) is 5.26. The Kier molecular flexibility index (Phi) is 3.86. The molecule has 19 heavy (non-hydrogen) atoms. The highest BCUT2D eigenvalue weighted by Gasteiger charge is 2.30. The first-order chi connectivity index (χ1) is 8.91. The molecule has 1 aliphatic rings. The molecule has 0 amide bonds. The minimum Gasteiger partial charge on any atom is -0.476 e. The molecule has 1 aromatic rings. The zero-order valence-corrected chi connectivity index (χ0v) is 11.7. The van der Waals surface area contributed by atoms with E-state index in [-0.39, 0.29) is 22.0 Å². The molecule has 2 heterocycles. The number of carboxylic acids is 1. The molecule has 2 N–H and O–H groups in total. The van der Waals surface area contributed by atoms with E-state index >= 15 is 0 Å². The number of anilines is 1. The van der Waals surface area contributed by atoms with Crippen molar-refractivity contribution >= 4 is 28.2 Å². The van der Waals surface area contributed by atoms with Crippen LogP contribution in [0.2, 0.25) is 0 Å². The number of thiazole rings is 1. The number of carboxylic acid groups (broad SMARTS) is 1. The van der Waals surface area contributed by atoms with Gasteiger partial charge in [-0.3, -0.25) is 4.79 Å². The van der Waals surface area contributed by atoms with Crippen molar-refractivity contribution in [2.45, 2.75) is 32.3 Å². The smallest absolute Gasteiger partial charge is 0.356 e. The third-order valence-electron chi connectivity index (χ3n) is 3.06. The molecular weight excluding hydrogens is 268 g/mol. The lowest BCUT2D eigenvalue weighted by Gasteiger charge is -2.22. The van der Waals surface area contributed by atoms with Crippen molar-refractivity contribution in [2.24, 2.45) is 0 Å². The number of Topliss-reactive ketones (excluding diaryl/α,β-unsaturated/α-hetero) is 1. The standard InChI is InChI=1S/C12H16N2O4S/c1-7(15)9-8(10(16)17)14-11(19-9)13-6-12(2)4-3-5-18-12/h3-6H2,1-2H3,(H,13,14)(H,16,17). The largest absolute Gasteiger partial charge is 0.476 e. The van der Waals surface area contributed by atoms with Crippen LogP contribution in [0.3, 0.4) is 0 Å². The van der Waals surface area contributed by atoms with Crippen LogP contribution in [0.25, 0.3) is 0 Å². The van der Waals surface area contributed by atoms with Crippen molar-refractivity contribution < 1.29 is 19.4 Å². The van der Waals surface area contributed by atoms with Crippen LogP contribution >= 0.6 is 11.3 Å². The Morgan fingerprint density at radius 2 is 2.32 bits per heavy atom. The molecule has 0 aromatic carbocycles. The molecule has 7 heteroatoms. The lowest BCUT2D eigenvalue weighted by atomic mass is 10.0. The third-order valence-corrected chi connectivity index (χ3v) is 4.18. The number of hydrogen-bond donors (Lipinski definition) is 2. The van der Waals surface area contributed by atoms with E-state index in [2.05, 4.69) is 10.3 Å². The predicted molar refractivity (Wildman–Crippen MR) is 71.2 cm³/mol. The van der Waals surface area contributed by atoms with E-state index in [4.69, 9.17) is 9.84 Å². The van der Waals surface area contributed by atoms with E-state index < -0.39 is 5.97 Å². The van der Waals surface area contributed by atoms with Gasteiger partial charge in [0.25, 0.3) is 0 Å². The van der Waals surface area contributed by atoms with Crippen LogP contribution in [0.15, 0.2) is 0 Å². The van der Waals surface area contributed by atoms with Crippen LogP contribution in [0.5, 0.6) is 0 Å². The van der Waals surface area contributed by atoms with Crippen molar-refractivity contribution in [1.29, 1.82) is 0 Å². The molecule has 6 nitrogen and oxygen atoms in total. The Balaban J connectivity index is 2.10. The van der Waals surface area contributed by atoms with E-state index in [0.717, 1.165) is 30.8 Å². The fourth-order valence-electron chi connectivity index (χ4n) is 2.02. The number of hydrogen-bond acceptors (Lipinski definition) is 6. The molecule has 1 saturated heterocycles. The maximum atomic E-state index is 11.4. The highest BCUT2D eigenvalue weighted by molar-refractivity contribution is 7.17. The Labute approximate surface area is 114 Å². The number of nitrogens with zero attached hydrogens (tertiary/aromatic N) is 1. The van der Waals surface area contributed by atoms with Gasteiger partial charge in [0, 0.05) is 20.1 Å². The number of nitrogens with one attached hydrogen (secondary N) is 1. The lowest BCUT2D eigenvalue weighted by Crippen LogP contribution is -2.32. The molecule has 1 atom stereocenters. The zero-order valence-electron chi connectivity index (χ0n) is 10.9. The van der Waals surface area contributed by atoms with E-state index in [0.29, 0.717) is 11.7 Å². The van der Waals surface area contributed by atoms with Gasteiger partial charge in [0.2, 0.25) is 0 Å². The van der Waals surface area contributed by atoms with E-state index in [9.17, 15) is 9.59 Å². The topological polar surface area (TPSA) is 88.5 Å². The van der Waals surface area contributed by atoms with Gasteiger partial charge in [-0.05, 0) is 19.8 Å². The monoisotopic (exact) mass is 284 g/mol. The average Bonchev–Trinajstić information content (AvgIpc) is 2.93. The molecule has 2 rings (SSSR count). The third kappa shape index (κ3) is 3.10. The molecule has 1 aliphatic heterocycles. The van der Waals surface area contributed by atoms with Gasteiger partial charge in [-0.1, -0.05) is 11.3 Å². The number of ether oxygens (including phenoxy) is 1. The summed E-state index contributed by atoms with van der Waals surface area (Å²) in [6.07, 6.45) is 1.98. The van der Waals surface area contributed by atoms with Gasteiger partial charge in [-0.25, -0.2) is 9.78 Å². The van der Waals surface area contributed by atoms with E-state index in [1.165, 1.54) is 6.92 Å². The summed E-state index contributed by atoms with van der Waals surface area (Å²) < 4.78 is 5.63. The van der Waals surface area contributed by atoms with Crippen LogP contribution in [-0.2, 0) is 4.74 Å². The van der Waals surface area contributed by atoms with Gasteiger partial charge in [-0.2, -0.15) is 0 Å². The van der Waals surface area contributed by atoms with Gasteiger partial charge < -0.3 is 15.2 Å². The van der Waals surface area contributed by atoms with Crippen molar-refractivity contribution in [1.82, 2.24) is 4.98 Å². The molecule has 104 valence electrons. The number of rotatable bonds is 5. The summed E-state index contributed by atoms with van der Waals surface area (Å²) in [5.41, 5.74) is -0.427. The number of carbonyl (C=O) groups is 2. The summed E-state index contributed by atoms with van der Waals surface area (Å²) in [7, 11) is 0. The highest BCUT2D eigenvalue weighted by Crippen LogP contribution is 2.28. The van der Waals surface area contributed by atoms with Crippen LogP contribution in [0.1, 0.15) is 46.8 Å². The van der Waals surface area contributed by atoms with Crippen LogP contribution in [-0.4, -0.2) is 40.6 Å². The van der Waals surface area contributed by atoms with E-state index in [1.54, 1.807) is 0 Å². The second-order valence-corrected chi connectivity index (χ2v) is 5.81. The summed E-state index contributed by atoms with van der Waals surface area (Å²) in [5, 5.41) is 12.5. The first-order valence-corrected chi connectivity index (χ1v) is 6.86. The Hall–Kier alpha value is -1.47. The first kappa shape index (κ1) is 14.0. The maximum Gasteiger partial charge on any atom is 0.356 e. The van der Waals surface area contributed by atoms with Crippen molar-refractivity contribution in [3.05, 3.63) is 10.6 Å². The van der Waals surface area contributed by atoms with Crippen molar-refractivity contribution in [2.75, 3.05) is 18.5 Å². The molecule has 0 bridgehead atoms. The minimum absolute atomic E-state index is 0.174. The zero-order chi connectivity index (χ0) is 14.0. The number of aromatic nitrogens is 1. The molecule has 0 saturated carbocycles. The highest BCUT2D eigenvalue weighted by atomic mass is 32.1. The van der Waals surface area contributed by atoms with Gasteiger partial charge in [0.05, 0.1) is 5.60 Å². The van der Waals surface area contributed by atoms with Crippen LogP contribution in [0, 0.1) is 0 Å². The fraction of sp³-hybridized carbons (Fsp3) is 0.583. The van der Waals surface area contributed by atoms with Crippen LogP contribution < -0.4 is 5.32 Å². The summed E-state index contributed by atoms with van der Waals surface area (Å²) in [6, 6.07) is 0. The molecule has 1 unspecified atom stereocenters. The van der Waals surface area contributed by atoms with Crippen molar-refractivity contribution in [3.63, 3.8) is 0 Å². The van der Waals surface area contributed by atoms with Gasteiger partial charge in [0.1, 0.15) is 4.88 Å². The second-order valence-electron chi connectivity index (χ2n) is 4.81. The van der Waals surface area contributed by atoms with Crippen molar-refractivity contribution in [3.8, 4) is 0 Å². The molecule has 1 fully saturated rings. The SMILES string of the molecule is CC(=O)c1sc(NCC2(C)CCCO2)nc1C(=O)O. The Bertz CT molecular complexity index is 474. The molecule has 1 aromatic heterocycles. The average molecular weight is 284 g/mol. The summed E-state index contributed by atoms with van der Waals surface area (Å²) in [4.78, 5) is 26.5. The number of ketones is 1. The molecular formula is C12H16N2O4S. The molecule has 0 aliphatic carbocycles. The summed E-state index contributed by atoms with van der Waals surface area (Å²) >= 11 is 1.07. The predicted octanol–water partition coefficient (Wildman–Crippen LogP) is 2.02. The van der Waals surface area contributed by atoms with Gasteiger partial charge in [0.15, 0.2) is 16.6 Å². The van der Waals surface area contributed by atoms with Gasteiger partial charge >= 0.3 is 5.97 Å². The summed E-state index contributed by atoms with van der Waals surface area (Å²) in [5.74, 6) is -1.47. The Morgan fingerprint density at radius 1 is 1.58 bits per heavy atom. The summed E-state index contributed by atoms with van der Waals surface area (Å²) in [6.45, 7) is 4.64. The molecule has 0 spiro atoms. The molecule has 0 radical (unpaired) electrons. The van der Waals surface area contributed by atoms with Crippen LogP contribution in [0.4, 0.5) is 5.13 Å². The van der Waals surface area contributed by atoms with Gasteiger partial charge in [-0.15, -0.1) is 0 Å². The fourth-order valence-corrected chi connectivity index (χ4v) is 2.87. The first-order valence-electron chi connectivity index (χ1n) is 6.04. The minimum atomic E-state index is -1.18. The normalized spacial score (nSPS) is 22.4. The van der Waals surface area contributed by atoms with E-state index in [1.807, 2.05) is 6.92 Å².